The molecular weight excluding hydrogens is 350 g/mol. The molecule has 1 N–H and O–H groups in total. The van der Waals surface area contributed by atoms with Gasteiger partial charge in [-0.15, -0.1) is 10.2 Å². The van der Waals surface area contributed by atoms with Crippen LogP contribution < -0.4 is 5.32 Å². The molecule has 140 valence electrons. The van der Waals surface area contributed by atoms with Gasteiger partial charge in [-0.05, 0) is 33.3 Å². The summed E-state index contributed by atoms with van der Waals surface area (Å²) in [7, 11) is 0. The van der Waals surface area contributed by atoms with Crippen LogP contribution in [0.2, 0.25) is 0 Å². The number of carbonyl (C=O) groups excluding carboxylic acids is 1. The van der Waals surface area contributed by atoms with Gasteiger partial charge in [0.25, 0.3) is 5.22 Å². The third-order valence-electron chi connectivity index (χ3n) is 3.14. The number of hydrogen-bond donors (Lipinski definition) is 1. The van der Waals surface area contributed by atoms with Crippen molar-refractivity contribution in [2.75, 3.05) is 5.75 Å². The van der Waals surface area contributed by atoms with Crippen molar-refractivity contribution in [3.63, 3.8) is 0 Å². The van der Waals surface area contributed by atoms with Crippen LogP contribution in [0.25, 0.3) is 0 Å². The quantitative estimate of drug-likeness (QED) is 0.565. The minimum Gasteiger partial charge on any atom is -0.444 e. The summed E-state index contributed by atoms with van der Waals surface area (Å²) in [4.78, 5) is 12.2. The van der Waals surface area contributed by atoms with E-state index in [2.05, 4.69) is 22.1 Å². The number of aromatic nitrogens is 2. The molecule has 0 bridgehead atoms. The van der Waals surface area contributed by atoms with Crippen LogP contribution in [-0.4, -0.2) is 27.6 Å². The van der Waals surface area contributed by atoms with Gasteiger partial charge in [0.1, 0.15) is 11.6 Å². The van der Waals surface area contributed by atoms with E-state index in [0.29, 0.717) is 23.3 Å². The first-order valence-electron chi connectivity index (χ1n) is 8.37. The summed E-state index contributed by atoms with van der Waals surface area (Å²) in [5.74, 6) is 1.05. The molecule has 1 aromatic heterocycles. The van der Waals surface area contributed by atoms with Crippen molar-refractivity contribution in [2.45, 2.75) is 51.0 Å². The van der Waals surface area contributed by atoms with Gasteiger partial charge in [-0.2, -0.15) is 0 Å². The van der Waals surface area contributed by atoms with Crippen LogP contribution in [-0.2, 0) is 11.2 Å². The summed E-state index contributed by atoms with van der Waals surface area (Å²) < 4.78 is 11.1. The molecular formula is C19H25N3O3S. The Hall–Kier alpha value is -2.28. The van der Waals surface area contributed by atoms with Crippen LogP contribution in [0.3, 0.4) is 0 Å². The third-order valence-corrected chi connectivity index (χ3v) is 4.18. The number of alkyl carbamates (subject to hydrolysis) is 1. The van der Waals surface area contributed by atoms with Gasteiger partial charge in [0.2, 0.25) is 5.89 Å². The zero-order valence-electron chi connectivity index (χ0n) is 15.6. The monoisotopic (exact) mass is 375 g/mol. The lowest BCUT2D eigenvalue weighted by Crippen LogP contribution is -2.36. The van der Waals surface area contributed by atoms with Crippen molar-refractivity contribution in [3.05, 3.63) is 53.9 Å². The summed E-state index contributed by atoms with van der Waals surface area (Å²) in [6, 6.07) is 9.33. The highest BCUT2D eigenvalue weighted by atomic mass is 32.2. The molecule has 0 spiro atoms. The van der Waals surface area contributed by atoms with E-state index >= 15 is 0 Å². The van der Waals surface area contributed by atoms with Gasteiger partial charge >= 0.3 is 6.09 Å². The van der Waals surface area contributed by atoms with Gasteiger partial charge in [-0.25, -0.2) is 4.79 Å². The Balaban J connectivity index is 2.14. The van der Waals surface area contributed by atoms with Gasteiger partial charge in [-0.1, -0.05) is 54.2 Å². The Labute approximate surface area is 158 Å². The maximum absolute atomic E-state index is 12.2. The molecule has 0 unspecified atom stereocenters. The highest BCUT2D eigenvalue weighted by Gasteiger charge is 2.25. The van der Waals surface area contributed by atoms with Crippen LogP contribution in [0, 0.1) is 0 Å². The molecule has 0 radical (unpaired) electrons. The first kappa shape index (κ1) is 20.0. The Kier molecular flexibility index (Phi) is 6.85. The molecule has 0 aliphatic carbocycles. The molecule has 6 nitrogen and oxygen atoms in total. The van der Waals surface area contributed by atoms with Crippen molar-refractivity contribution in [1.82, 2.24) is 15.5 Å². The third kappa shape index (κ3) is 6.92. The average molecular weight is 375 g/mol. The molecule has 1 atom stereocenters. The Morgan fingerprint density at radius 1 is 1.31 bits per heavy atom. The molecule has 0 saturated carbocycles. The minimum atomic E-state index is -0.585. The van der Waals surface area contributed by atoms with E-state index in [0.717, 1.165) is 11.1 Å². The molecule has 1 heterocycles. The number of amides is 1. The number of benzene rings is 1. The Morgan fingerprint density at radius 2 is 2.00 bits per heavy atom. The molecule has 7 heteroatoms. The van der Waals surface area contributed by atoms with Crippen LogP contribution in [0.1, 0.15) is 45.2 Å². The van der Waals surface area contributed by atoms with Gasteiger partial charge < -0.3 is 14.5 Å². The topological polar surface area (TPSA) is 77.2 Å². The normalized spacial score (nSPS) is 12.5. The van der Waals surface area contributed by atoms with E-state index in [1.165, 1.54) is 11.8 Å². The van der Waals surface area contributed by atoms with E-state index < -0.39 is 17.7 Å². The Morgan fingerprint density at radius 3 is 2.62 bits per heavy atom. The summed E-state index contributed by atoms with van der Waals surface area (Å²) in [6.07, 6.45) is 0.000120. The highest BCUT2D eigenvalue weighted by molar-refractivity contribution is 7.99. The van der Waals surface area contributed by atoms with E-state index in [1.54, 1.807) is 0 Å². The number of carbonyl (C=O) groups is 1. The molecule has 0 saturated heterocycles. The predicted molar refractivity (Wildman–Crippen MR) is 102 cm³/mol. The smallest absolute Gasteiger partial charge is 0.408 e. The lowest BCUT2D eigenvalue weighted by atomic mass is 10.1. The van der Waals surface area contributed by atoms with E-state index in [9.17, 15) is 4.79 Å². The van der Waals surface area contributed by atoms with E-state index in [-0.39, 0.29) is 0 Å². The van der Waals surface area contributed by atoms with Gasteiger partial charge in [0, 0.05) is 12.2 Å². The van der Waals surface area contributed by atoms with Crippen molar-refractivity contribution in [2.24, 2.45) is 0 Å². The van der Waals surface area contributed by atoms with Crippen LogP contribution >= 0.6 is 11.8 Å². The SMILES string of the molecule is C=C(C)CSc1nnc([C@H](Cc2ccccc2)NC(=O)OC(C)(C)C)o1. The zero-order chi connectivity index (χ0) is 19.2. The predicted octanol–water partition coefficient (Wildman–Crippen LogP) is 4.55. The average Bonchev–Trinajstić information content (AvgIpc) is 3.00. The molecule has 0 aliphatic heterocycles. The summed E-state index contributed by atoms with van der Waals surface area (Å²) in [6.45, 7) is 11.2. The van der Waals surface area contributed by atoms with Crippen molar-refractivity contribution < 1.29 is 13.9 Å². The molecule has 26 heavy (non-hydrogen) atoms. The second kappa shape index (κ2) is 8.89. The summed E-state index contributed by atoms with van der Waals surface area (Å²) in [5.41, 5.74) is 1.48. The first-order chi connectivity index (χ1) is 12.2. The molecule has 0 fully saturated rings. The summed E-state index contributed by atoms with van der Waals surface area (Å²) >= 11 is 1.42. The fraction of sp³-hybridized carbons (Fsp3) is 0.421. The molecule has 2 aromatic rings. The lowest BCUT2D eigenvalue weighted by Gasteiger charge is -2.22. The molecule has 1 amide bonds. The van der Waals surface area contributed by atoms with E-state index in [4.69, 9.17) is 9.15 Å². The lowest BCUT2D eigenvalue weighted by molar-refractivity contribution is 0.0494. The van der Waals surface area contributed by atoms with Crippen LogP contribution in [0.15, 0.2) is 52.1 Å². The number of nitrogens with zero attached hydrogens (tertiary/aromatic N) is 2. The second-order valence-corrected chi connectivity index (χ2v) is 7.97. The fourth-order valence-corrected chi connectivity index (χ4v) is 2.72. The van der Waals surface area contributed by atoms with Gasteiger partial charge in [0.05, 0.1) is 0 Å². The fourth-order valence-electron chi connectivity index (χ4n) is 2.10. The number of thioether (sulfide) groups is 1. The minimum absolute atomic E-state index is 0.351. The van der Waals surface area contributed by atoms with Gasteiger partial charge in [0.15, 0.2) is 0 Å². The van der Waals surface area contributed by atoms with Crippen molar-refractivity contribution >= 4 is 17.9 Å². The van der Waals surface area contributed by atoms with Crippen molar-refractivity contribution in [1.29, 1.82) is 0 Å². The second-order valence-electron chi connectivity index (χ2n) is 7.04. The van der Waals surface area contributed by atoms with E-state index in [1.807, 2.05) is 58.0 Å². The number of nitrogens with one attached hydrogen (secondary N) is 1. The number of rotatable bonds is 7. The highest BCUT2D eigenvalue weighted by Crippen LogP contribution is 2.24. The largest absolute Gasteiger partial charge is 0.444 e. The molecule has 1 aromatic carbocycles. The number of ether oxygens (including phenoxy) is 1. The van der Waals surface area contributed by atoms with Gasteiger partial charge in [-0.3, -0.25) is 0 Å². The van der Waals surface area contributed by atoms with Crippen LogP contribution in [0.5, 0.6) is 0 Å². The number of hydrogen-bond acceptors (Lipinski definition) is 6. The van der Waals surface area contributed by atoms with Crippen molar-refractivity contribution in [3.8, 4) is 0 Å². The zero-order valence-corrected chi connectivity index (χ0v) is 16.4. The first-order valence-corrected chi connectivity index (χ1v) is 9.35. The molecule has 2 rings (SSSR count). The standard InChI is InChI=1S/C19H25N3O3S/c1-13(2)12-26-18-22-21-16(24-18)15(11-14-9-7-6-8-10-14)20-17(23)25-19(3,4)5/h6-10,15H,1,11-12H2,2-5H3,(H,20,23)/t15-/m0/s1. The maximum atomic E-state index is 12.2. The Bertz CT molecular complexity index is 738. The molecule has 0 aliphatic rings. The summed E-state index contributed by atoms with van der Waals surface area (Å²) in [5, 5.41) is 11.4. The van der Waals surface area contributed by atoms with Crippen LogP contribution in [0.4, 0.5) is 4.79 Å². The maximum Gasteiger partial charge on any atom is 0.408 e.